The first-order chi connectivity index (χ1) is 6.86. The number of hydrogen-bond acceptors (Lipinski definition) is 4. The average Bonchev–Trinajstić information content (AvgIpc) is 2.99. The summed E-state index contributed by atoms with van der Waals surface area (Å²) in [4.78, 5) is 13.0. The molecule has 1 atom stereocenters. The number of hydrogen-bond donors (Lipinski definition) is 0. The number of amides is 1. The van der Waals surface area contributed by atoms with E-state index in [-0.39, 0.29) is 12.5 Å². The second kappa shape index (κ2) is 4.72. The fourth-order valence-corrected chi connectivity index (χ4v) is 1.34. The van der Waals surface area contributed by atoms with Crippen LogP contribution in [-0.2, 0) is 19.0 Å². The van der Waals surface area contributed by atoms with Gasteiger partial charge in [0.1, 0.15) is 12.7 Å². The molecule has 0 saturated carbocycles. The number of carbonyl (C=O) groups is 1. The minimum atomic E-state index is 0.0579. The van der Waals surface area contributed by atoms with E-state index in [9.17, 15) is 4.79 Å². The maximum Gasteiger partial charge on any atom is 0.248 e. The summed E-state index contributed by atoms with van der Waals surface area (Å²) in [6, 6.07) is 0. The lowest BCUT2D eigenvalue weighted by Gasteiger charge is -2.26. The fraction of sp³-hybridized carbons (Fsp3) is 0.889. The van der Waals surface area contributed by atoms with Gasteiger partial charge in [-0.05, 0) is 0 Å². The molecule has 0 spiro atoms. The highest BCUT2D eigenvalue weighted by Crippen LogP contribution is 2.08. The van der Waals surface area contributed by atoms with E-state index in [1.54, 1.807) is 4.90 Å². The molecule has 2 aliphatic rings. The van der Waals surface area contributed by atoms with E-state index in [2.05, 4.69) is 0 Å². The van der Waals surface area contributed by atoms with Crippen LogP contribution in [0.2, 0.25) is 0 Å². The first-order valence-electron chi connectivity index (χ1n) is 4.91. The number of epoxide rings is 1. The molecular weight excluding hydrogens is 186 g/mol. The largest absolute Gasteiger partial charge is 0.377 e. The van der Waals surface area contributed by atoms with Crippen LogP contribution in [0.5, 0.6) is 0 Å². The van der Waals surface area contributed by atoms with Crippen LogP contribution in [0.1, 0.15) is 0 Å². The normalized spacial score (nSPS) is 26.7. The molecule has 0 aromatic heterocycles. The van der Waals surface area contributed by atoms with Crippen molar-refractivity contribution in [2.75, 3.05) is 46.1 Å². The van der Waals surface area contributed by atoms with E-state index in [1.165, 1.54) is 0 Å². The van der Waals surface area contributed by atoms with Crippen LogP contribution < -0.4 is 0 Å². The van der Waals surface area contributed by atoms with E-state index in [0.717, 1.165) is 6.61 Å². The molecular formula is C9H15NO4. The monoisotopic (exact) mass is 201 g/mol. The summed E-state index contributed by atoms with van der Waals surface area (Å²) in [6.07, 6.45) is 0.301. The summed E-state index contributed by atoms with van der Waals surface area (Å²) in [6.45, 7) is 4.25. The van der Waals surface area contributed by atoms with Gasteiger partial charge in [-0.1, -0.05) is 0 Å². The molecule has 2 aliphatic heterocycles. The molecule has 2 saturated heterocycles. The van der Waals surface area contributed by atoms with Crippen molar-refractivity contribution in [1.82, 2.24) is 4.90 Å². The van der Waals surface area contributed by atoms with Gasteiger partial charge in [-0.2, -0.15) is 0 Å². The summed E-state index contributed by atoms with van der Waals surface area (Å²) >= 11 is 0. The van der Waals surface area contributed by atoms with Crippen LogP contribution >= 0.6 is 0 Å². The van der Waals surface area contributed by atoms with Gasteiger partial charge in [0.2, 0.25) is 5.91 Å². The van der Waals surface area contributed by atoms with Gasteiger partial charge < -0.3 is 19.1 Å². The molecule has 0 radical (unpaired) electrons. The summed E-state index contributed by atoms with van der Waals surface area (Å²) < 4.78 is 15.4. The first kappa shape index (κ1) is 9.89. The van der Waals surface area contributed by atoms with Crippen LogP contribution in [0.3, 0.4) is 0 Å². The number of nitrogens with zero attached hydrogens (tertiary/aromatic N) is 1. The number of carbonyl (C=O) groups excluding carboxylic acids is 1. The Labute approximate surface area is 82.9 Å². The predicted molar refractivity (Wildman–Crippen MR) is 48.0 cm³/mol. The number of ether oxygens (including phenoxy) is 3. The fourth-order valence-electron chi connectivity index (χ4n) is 1.34. The molecule has 0 aromatic rings. The van der Waals surface area contributed by atoms with Crippen molar-refractivity contribution < 1.29 is 19.0 Å². The molecule has 0 aliphatic carbocycles. The molecule has 2 fully saturated rings. The molecule has 1 amide bonds. The quantitative estimate of drug-likeness (QED) is 0.434. The summed E-state index contributed by atoms with van der Waals surface area (Å²) in [5.41, 5.74) is 0. The minimum Gasteiger partial charge on any atom is -0.377 e. The zero-order valence-corrected chi connectivity index (χ0v) is 8.11. The highest BCUT2D eigenvalue weighted by molar-refractivity contribution is 5.77. The first-order valence-corrected chi connectivity index (χ1v) is 4.91. The van der Waals surface area contributed by atoms with Crippen LogP contribution in [0.4, 0.5) is 0 Å². The van der Waals surface area contributed by atoms with Crippen LogP contribution in [-0.4, -0.2) is 63.0 Å². The highest BCUT2D eigenvalue weighted by atomic mass is 16.6. The Balaban J connectivity index is 1.56. The number of rotatable bonds is 5. The zero-order chi connectivity index (χ0) is 9.80. The topological polar surface area (TPSA) is 51.3 Å². The van der Waals surface area contributed by atoms with Gasteiger partial charge in [0.25, 0.3) is 0 Å². The van der Waals surface area contributed by atoms with Gasteiger partial charge in [0.15, 0.2) is 0 Å². The van der Waals surface area contributed by atoms with E-state index in [0.29, 0.717) is 39.0 Å². The standard InChI is InChI=1S/C9H15NO4/c11-9-7-13-4-2-10(9)1-3-12-5-8-6-14-8/h8H,1-7H2. The van der Waals surface area contributed by atoms with Gasteiger partial charge in [-0.15, -0.1) is 0 Å². The Bertz CT molecular complexity index is 205. The Morgan fingerprint density at radius 2 is 2.43 bits per heavy atom. The van der Waals surface area contributed by atoms with Gasteiger partial charge in [-0.25, -0.2) is 0 Å². The Morgan fingerprint density at radius 1 is 1.57 bits per heavy atom. The Hall–Kier alpha value is -0.650. The van der Waals surface area contributed by atoms with E-state index in [4.69, 9.17) is 14.2 Å². The zero-order valence-electron chi connectivity index (χ0n) is 8.11. The lowest BCUT2D eigenvalue weighted by atomic mass is 10.4. The van der Waals surface area contributed by atoms with E-state index in [1.807, 2.05) is 0 Å². The van der Waals surface area contributed by atoms with Crippen molar-refractivity contribution in [2.45, 2.75) is 6.10 Å². The smallest absolute Gasteiger partial charge is 0.248 e. The lowest BCUT2D eigenvalue weighted by Crippen LogP contribution is -2.43. The van der Waals surface area contributed by atoms with Crippen molar-refractivity contribution in [2.24, 2.45) is 0 Å². The van der Waals surface area contributed by atoms with Crippen LogP contribution in [0, 0.1) is 0 Å². The average molecular weight is 201 g/mol. The molecule has 0 N–H and O–H groups in total. The minimum absolute atomic E-state index is 0.0579. The van der Waals surface area contributed by atoms with E-state index < -0.39 is 0 Å². The molecule has 1 unspecified atom stereocenters. The van der Waals surface area contributed by atoms with Crippen molar-refractivity contribution >= 4 is 5.91 Å². The predicted octanol–water partition coefficient (Wildman–Crippen LogP) is -0.739. The summed E-state index contributed by atoms with van der Waals surface area (Å²) in [5.74, 6) is 0.0579. The van der Waals surface area contributed by atoms with Crippen molar-refractivity contribution in [1.29, 1.82) is 0 Å². The highest BCUT2D eigenvalue weighted by Gasteiger charge is 2.23. The van der Waals surface area contributed by atoms with Crippen molar-refractivity contribution in [3.05, 3.63) is 0 Å². The summed E-state index contributed by atoms with van der Waals surface area (Å²) in [5, 5.41) is 0. The molecule has 80 valence electrons. The van der Waals surface area contributed by atoms with Gasteiger partial charge in [0.05, 0.1) is 26.4 Å². The van der Waals surface area contributed by atoms with Crippen molar-refractivity contribution in [3.8, 4) is 0 Å². The van der Waals surface area contributed by atoms with Crippen LogP contribution in [0.15, 0.2) is 0 Å². The maximum absolute atomic E-state index is 11.3. The maximum atomic E-state index is 11.3. The molecule has 14 heavy (non-hydrogen) atoms. The second-order valence-corrected chi connectivity index (χ2v) is 3.46. The molecule has 0 aromatic carbocycles. The third-order valence-corrected chi connectivity index (χ3v) is 2.30. The Morgan fingerprint density at radius 3 is 3.14 bits per heavy atom. The SMILES string of the molecule is O=C1COCCN1CCOCC1CO1. The third-order valence-electron chi connectivity index (χ3n) is 2.30. The summed E-state index contributed by atoms with van der Waals surface area (Å²) in [7, 11) is 0. The Kier molecular flexibility index (Phi) is 3.34. The van der Waals surface area contributed by atoms with Gasteiger partial charge >= 0.3 is 0 Å². The van der Waals surface area contributed by atoms with Gasteiger partial charge in [-0.3, -0.25) is 4.79 Å². The molecule has 5 heteroatoms. The van der Waals surface area contributed by atoms with E-state index >= 15 is 0 Å². The third kappa shape index (κ3) is 2.94. The molecule has 2 heterocycles. The molecule has 2 rings (SSSR count). The van der Waals surface area contributed by atoms with Crippen LogP contribution in [0.25, 0.3) is 0 Å². The van der Waals surface area contributed by atoms with Crippen molar-refractivity contribution in [3.63, 3.8) is 0 Å². The molecule has 0 bridgehead atoms. The molecule has 5 nitrogen and oxygen atoms in total. The second-order valence-electron chi connectivity index (χ2n) is 3.46. The van der Waals surface area contributed by atoms with Gasteiger partial charge in [0, 0.05) is 13.1 Å². The number of morpholine rings is 1. The lowest BCUT2D eigenvalue weighted by molar-refractivity contribution is -0.143.